The molecule has 0 radical (unpaired) electrons. The van der Waals surface area contributed by atoms with Crippen molar-refractivity contribution in [3.63, 3.8) is 0 Å². The summed E-state index contributed by atoms with van der Waals surface area (Å²) < 4.78 is 9.13. The number of hydrogen-bond acceptors (Lipinski definition) is 5. The molecule has 2 heterocycles. The van der Waals surface area contributed by atoms with Crippen molar-refractivity contribution in [1.82, 2.24) is 19.6 Å². The molecule has 6 nitrogen and oxygen atoms in total. The van der Waals surface area contributed by atoms with Crippen molar-refractivity contribution >= 4 is 29.5 Å². The summed E-state index contributed by atoms with van der Waals surface area (Å²) in [5, 5.41) is 12.9. The van der Waals surface area contributed by atoms with E-state index >= 15 is 0 Å². The lowest BCUT2D eigenvalue weighted by atomic mass is 10.2. The van der Waals surface area contributed by atoms with Gasteiger partial charge in [-0.15, -0.1) is 5.10 Å². The Morgan fingerprint density at radius 1 is 1.11 bits per heavy atom. The Bertz CT molecular complexity index is 1120. The van der Waals surface area contributed by atoms with Crippen molar-refractivity contribution in [3.8, 4) is 17.1 Å². The molecule has 136 valence electrons. The second-order valence-electron chi connectivity index (χ2n) is 5.91. The topological polar surface area (TPSA) is 60.8 Å². The molecule has 0 atom stereocenters. The van der Waals surface area contributed by atoms with E-state index in [1.165, 1.54) is 0 Å². The van der Waals surface area contributed by atoms with Crippen LogP contribution in [0, 0.1) is 11.8 Å². The first-order valence-electron chi connectivity index (χ1n) is 8.29. The maximum Gasteiger partial charge on any atom is 0.289 e. The lowest BCUT2D eigenvalue weighted by Gasteiger charge is -2.05. The number of nitrogens with one attached hydrogen (secondary N) is 1. The Balaban J connectivity index is 1.57. The number of hydrogen-bond donors (Lipinski definition) is 1. The minimum atomic E-state index is 0.290. The third kappa shape index (κ3) is 3.65. The third-order valence-electron chi connectivity index (χ3n) is 4.12. The molecule has 0 aliphatic heterocycles. The zero-order chi connectivity index (χ0) is 18.8. The summed E-state index contributed by atoms with van der Waals surface area (Å²) in [5.74, 6) is 0.442. The molecule has 0 aliphatic carbocycles. The van der Waals surface area contributed by atoms with E-state index < -0.39 is 0 Å². The van der Waals surface area contributed by atoms with E-state index in [9.17, 15) is 0 Å². The van der Waals surface area contributed by atoms with Crippen LogP contribution >= 0.6 is 23.8 Å². The summed E-state index contributed by atoms with van der Waals surface area (Å²) in [7, 11) is 0. The Labute approximate surface area is 166 Å². The first-order chi connectivity index (χ1) is 13.1. The van der Waals surface area contributed by atoms with E-state index in [0.717, 1.165) is 22.6 Å². The molecular weight excluding hydrogens is 382 g/mol. The highest BCUT2D eigenvalue weighted by Gasteiger charge is 2.16. The van der Waals surface area contributed by atoms with Crippen LogP contribution in [0.5, 0.6) is 0 Å². The van der Waals surface area contributed by atoms with Gasteiger partial charge < -0.3 is 9.73 Å². The summed E-state index contributed by atoms with van der Waals surface area (Å²) in [6.45, 7) is 2.36. The highest BCUT2D eigenvalue weighted by molar-refractivity contribution is 7.71. The van der Waals surface area contributed by atoms with Gasteiger partial charge in [0.25, 0.3) is 4.84 Å². The predicted molar refractivity (Wildman–Crippen MR) is 108 cm³/mol. The number of rotatable bonds is 5. The fourth-order valence-corrected chi connectivity index (χ4v) is 3.01. The van der Waals surface area contributed by atoms with Gasteiger partial charge in [0.05, 0.1) is 23.1 Å². The van der Waals surface area contributed by atoms with Gasteiger partial charge >= 0.3 is 0 Å². The minimum absolute atomic E-state index is 0.290. The van der Waals surface area contributed by atoms with Gasteiger partial charge in [0, 0.05) is 10.7 Å². The quantitative estimate of drug-likeness (QED) is 0.475. The van der Waals surface area contributed by atoms with Gasteiger partial charge in [-0.3, -0.25) is 0 Å². The number of benzene rings is 2. The zero-order valence-corrected chi connectivity index (χ0v) is 16.0. The number of nitrogens with zero attached hydrogens (tertiary/aromatic N) is 4. The Morgan fingerprint density at radius 3 is 2.59 bits per heavy atom. The summed E-state index contributed by atoms with van der Waals surface area (Å²) in [4.78, 5) is 0.290. The fourth-order valence-electron chi connectivity index (χ4n) is 2.70. The number of aromatic nitrogens is 4. The van der Waals surface area contributed by atoms with Crippen molar-refractivity contribution in [2.24, 2.45) is 0 Å². The van der Waals surface area contributed by atoms with Gasteiger partial charge in [0.2, 0.25) is 5.89 Å². The molecule has 4 aromatic rings. The Hall–Kier alpha value is -2.90. The smallest absolute Gasteiger partial charge is 0.289 e. The van der Waals surface area contributed by atoms with Crippen LogP contribution in [0.2, 0.25) is 5.02 Å². The van der Waals surface area contributed by atoms with Crippen LogP contribution in [0.25, 0.3) is 17.1 Å². The van der Waals surface area contributed by atoms with Crippen molar-refractivity contribution in [2.45, 2.75) is 13.6 Å². The Morgan fingerprint density at radius 2 is 1.85 bits per heavy atom. The highest BCUT2D eigenvalue weighted by atomic mass is 35.5. The van der Waals surface area contributed by atoms with E-state index in [0.29, 0.717) is 22.4 Å². The van der Waals surface area contributed by atoms with Crippen LogP contribution in [-0.4, -0.2) is 19.6 Å². The molecule has 0 aliphatic rings. The van der Waals surface area contributed by atoms with Crippen LogP contribution in [0.3, 0.4) is 0 Å². The van der Waals surface area contributed by atoms with E-state index in [2.05, 4.69) is 15.5 Å². The standard InChI is InChI=1S/C19H16ClN5OS/c1-13-17(11-22-25(13)16-5-3-2-4-6-16)18-23-24(19(27)26-18)12-21-15-9-7-14(20)8-10-15/h2-11,21H,12H2,1H3. The summed E-state index contributed by atoms with van der Waals surface area (Å²) in [6, 6.07) is 17.3. The summed E-state index contributed by atoms with van der Waals surface area (Å²) in [6.07, 6.45) is 1.74. The molecule has 2 aromatic carbocycles. The average molecular weight is 398 g/mol. The maximum atomic E-state index is 5.90. The van der Waals surface area contributed by atoms with Crippen LogP contribution in [0.15, 0.2) is 65.2 Å². The van der Waals surface area contributed by atoms with Crippen LogP contribution in [0.4, 0.5) is 5.69 Å². The van der Waals surface area contributed by atoms with Crippen molar-refractivity contribution < 1.29 is 4.42 Å². The average Bonchev–Trinajstić information content (AvgIpc) is 3.24. The third-order valence-corrected chi connectivity index (χ3v) is 4.67. The molecule has 0 spiro atoms. The molecule has 0 unspecified atom stereocenters. The fraction of sp³-hybridized carbons (Fsp3) is 0.105. The first-order valence-corrected chi connectivity index (χ1v) is 9.08. The number of halogens is 1. The zero-order valence-electron chi connectivity index (χ0n) is 14.5. The molecule has 0 amide bonds. The van der Waals surface area contributed by atoms with Gasteiger partial charge in [0.15, 0.2) is 0 Å². The number of para-hydroxylation sites is 1. The second kappa shape index (κ2) is 7.38. The highest BCUT2D eigenvalue weighted by Crippen LogP contribution is 2.24. The molecule has 8 heteroatoms. The lowest BCUT2D eigenvalue weighted by molar-refractivity contribution is 0.522. The molecule has 27 heavy (non-hydrogen) atoms. The van der Waals surface area contributed by atoms with Crippen LogP contribution in [-0.2, 0) is 6.67 Å². The molecule has 1 N–H and O–H groups in total. The molecule has 0 bridgehead atoms. The first kappa shape index (κ1) is 17.5. The number of anilines is 1. The molecule has 2 aromatic heterocycles. The van der Waals surface area contributed by atoms with Gasteiger partial charge in [-0.25, -0.2) is 9.36 Å². The second-order valence-corrected chi connectivity index (χ2v) is 6.69. The van der Waals surface area contributed by atoms with E-state index in [4.69, 9.17) is 28.2 Å². The predicted octanol–water partition coefficient (Wildman–Crippen LogP) is 5.09. The van der Waals surface area contributed by atoms with Gasteiger partial charge in [-0.05, 0) is 55.5 Å². The largest absolute Gasteiger partial charge is 0.409 e. The molecule has 0 saturated carbocycles. The van der Waals surface area contributed by atoms with Crippen molar-refractivity contribution in [1.29, 1.82) is 0 Å². The summed E-state index contributed by atoms with van der Waals surface area (Å²) in [5.41, 5.74) is 3.62. The minimum Gasteiger partial charge on any atom is -0.409 e. The summed E-state index contributed by atoms with van der Waals surface area (Å²) >= 11 is 11.2. The van der Waals surface area contributed by atoms with E-state index in [1.54, 1.807) is 10.9 Å². The van der Waals surface area contributed by atoms with Crippen molar-refractivity contribution in [2.75, 3.05) is 5.32 Å². The van der Waals surface area contributed by atoms with Gasteiger partial charge in [0.1, 0.15) is 6.67 Å². The van der Waals surface area contributed by atoms with Gasteiger partial charge in [-0.2, -0.15) is 5.10 Å². The van der Waals surface area contributed by atoms with Gasteiger partial charge in [-0.1, -0.05) is 29.8 Å². The molecule has 4 rings (SSSR count). The molecular formula is C19H16ClN5OS. The maximum absolute atomic E-state index is 5.90. The van der Waals surface area contributed by atoms with E-state index in [-0.39, 0.29) is 0 Å². The SMILES string of the molecule is Cc1c(-c2nn(CNc3ccc(Cl)cc3)c(=S)o2)cnn1-c1ccccc1. The molecule has 0 saturated heterocycles. The monoisotopic (exact) mass is 397 g/mol. The molecule has 0 fully saturated rings. The Kier molecular flexibility index (Phi) is 4.79. The van der Waals surface area contributed by atoms with E-state index in [1.807, 2.05) is 66.2 Å². The van der Waals surface area contributed by atoms with Crippen LogP contribution in [0.1, 0.15) is 5.69 Å². The lowest BCUT2D eigenvalue weighted by Crippen LogP contribution is -2.09. The normalized spacial score (nSPS) is 10.9. The van der Waals surface area contributed by atoms with Crippen molar-refractivity contribution in [3.05, 3.63) is 76.3 Å². The van der Waals surface area contributed by atoms with Crippen LogP contribution < -0.4 is 5.32 Å².